The van der Waals surface area contributed by atoms with Crippen LogP contribution in [0.1, 0.15) is 37.0 Å². The number of aromatic nitrogens is 5. The summed E-state index contributed by atoms with van der Waals surface area (Å²) in [6, 6.07) is 8.89. The molecule has 0 aliphatic heterocycles. The number of anilines is 1. The van der Waals surface area contributed by atoms with E-state index in [2.05, 4.69) is 20.7 Å². The molecule has 10 nitrogen and oxygen atoms in total. The van der Waals surface area contributed by atoms with Crippen molar-refractivity contribution in [3.63, 3.8) is 0 Å². The molecule has 2 N–H and O–H groups in total. The van der Waals surface area contributed by atoms with E-state index < -0.39 is 11.9 Å². The van der Waals surface area contributed by atoms with Crippen LogP contribution in [0.3, 0.4) is 0 Å². The van der Waals surface area contributed by atoms with Gasteiger partial charge in [-0.1, -0.05) is 12.1 Å². The minimum Gasteiger partial charge on any atom is -0.491 e. The second-order valence-corrected chi connectivity index (χ2v) is 6.56. The van der Waals surface area contributed by atoms with Crippen LogP contribution in [0.2, 0.25) is 0 Å². The highest BCUT2D eigenvalue weighted by Crippen LogP contribution is 2.19. The van der Waals surface area contributed by atoms with Crippen LogP contribution in [0.15, 0.2) is 36.5 Å². The minimum atomic E-state index is -1.02. The molecule has 0 aliphatic carbocycles. The summed E-state index contributed by atoms with van der Waals surface area (Å²) in [6.07, 6.45) is 2.09. The molecule has 0 unspecified atom stereocenters. The fraction of sp³-hybridized carbons (Fsp3) is 0.316. The Morgan fingerprint density at radius 1 is 1.21 bits per heavy atom. The lowest BCUT2D eigenvalue weighted by molar-refractivity contribution is -0.137. The lowest BCUT2D eigenvalue weighted by atomic mass is 10.2. The van der Waals surface area contributed by atoms with Crippen molar-refractivity contribution in [2.24, 2.45) is 0 Å². The molecule has 10 heteroatoms. The number of carbonyl (C=O) groups excluding carboxylic acids is 1. The van der Waals surface area contributed by atoms with Crippen molar-refractivity contribution >= 4 is 17.7 Å². The quantitative estimate of drug-likeness (QED) is 0.596. The normalized spacial score (nSPS) is 10.9. The van der Waals surface area contributed by atoms with Gasteiger partial charge in [0.2, 0.25) is 0 Å². The Morgan fingerprint density at radius 2 is 1.93 bits per heavy atom. The van der Waals surface area contributed by atoms with Crippen LogP contribution in [0, 0.1) is 0 Å². The van der Waals surface area contributed by atoms with Gasteiger partial charge in [-0.05, 0) is 44.5 Å². The minimum absolute atomic E-state index is 0.0766. The van der Waals surface area contributed by atoms with Crippen molar-refractivity contribution in [2.45, 2.75) is 39.8 Å². The van der Waals surface area contributed by atoms with Gasteiger partial charge in [-0.25, -0.2) is 4.68 Å². The first-order valence-electron chi connectivity index (χ1n) is 9.15. The number of hydrogen-bond donors (Lipinski definition) is 2. The number of rotatable bonds is 8. The van der Waals surface area contributed by atoms with Gasteiger partial charge in [0.15, 0.2) is 11.5 Å². The third kappa shape index (κ3) is 4.78. The zero-order valence-corrected chi connectivity index (χ0v) is 16.4. The molecule has 0 bridgehead atoms. The van der Waals surface area contributed by atoms with Crippen LogP contribution < -0.4 is 10.1 Å². The van der Waals surface area contributed by atoms with Crippen LogP contribution in [-0.4, -0.2) is 47.9 Å². The summed E-state index contributed by atoms with van der Waals surface area (Å²) < 4.78 is 8.47. The van der Waals surface area contributed by atoms with E-state index in [9.17, 15) is 9.59 Å². The molecule has 0 saturated heterocycles. The molecule has 0 aliphatic rings. The Hall–Kier alpha value is -3.69. The second kappa shape index (κ2) is 8.55. The number of amides is 1. The van der Waals surface area contributed by atoms with Crippen molar-refractivity contribution in [2.75, 3.05) is 5.32 Å². The number of nitrogens with zero attached hydrogens (tertiary/aromatic N) is 5. The first kappa shape index (κ1) is 20.1. The Bertz CT molecular complexity index is 1010. The van der Waals surface area contributed by atoms with E-state index in [0.717, 1.165) is 11.4 Å². The van der Waals surface area contributed by atoms with Crippen molar-refractivity contribution in [1.82, 2.24) is 24.8 Å². The maximum Gasteiger partial charge on any atom is 0.325 e. The van der Waals surface area contributed by atoms with E-state index in [0.29, 0.717) is 12.1 Å². The number of aliphatic carboxylic acids is 1. The Labute approximate surface area is 167 Å². The van der Waals surface area contributed by atoms with Gasteiger partial charge in [-0.15, -0.1) is 5.10 Å². The highest BCUT2D eigenvalue weighted by Gasteiger charge is 2.20. The van der Waals surface area contributed by atoms with Crippen molar-refractivity contribution in [3.8, 4) is 11.4 Å². The number of hydrogen-bond acceptors (Lipinski definition) is 6. The summed E-state index contributed by atoms with van der Waals surface area (Å²) in [5.74, 6) is -0.500. The lowest BCUT2D eigenvalue weighted by Crippen LogP contribution is -2.16. The molecule has 0 atom stereocenters. The zero-order valence-electron chi connectivity index (χ0n) is 16.4. The molecule has 0 saturated carbocycles. The first-order valence-corrected chi connectivity index (χ1v) is 9.15. The van der Waals surface area contributed by atoms with Crippen molar-refractivity contribution in [3.05, 3.63) is 47.9 Å². The topological polar surface area (TPSA) is 124 Å². The summed E-state index contributed by atoms with van der Waals surface area (Å²) in [6.45, 7) is 5.53. The van der Waals surface area contributed by atoms with E-state index in [4.69, 9.17) is 9.84 Å². The first-order chi connectivity index (χ1) is 13.9. The van der Waals surface area contributed by atoms with E-state index in [1.54, 1.807) is 4.68 Å². The number of benzene rings is 1. The van der Waals surface area contributed by atoms with Gasteiger partial charge < -0.3 is 15.2 Å². The number of ether oxygens (including phenoxy) is 1. The van der Waals surface area contributed by atoms with E-state index in [-0.39, 0.29) is 24.2 Å². The fourth-order valence-electron chi connectivity index (χ4n) is 2.77. The number of carbonyl (C=O) groups is 2. The average molecular weight is 398 g/mol. The third-order valence-electron chi connectivity index (χ3n) is 3.95. The van der Waals surface area contributed by atoms with Gasteiger partial charge in [0.05, 0.1) is 17.5 Å². The summed E-state index contributed by atoms with van der Waals surface area (Å²) in [7, 11) is 0. The number of carboxylic acids is 1. The molecule has 152 valence electrons. The summed E-state index contributed by atoms with van der Waals surface area (Å²) in [4.78, 5) is 23.4. The van der Waals surface area contributed by atoms with Gasteiger partial charge in [0.25, 0.3) is 5.91 Å². The third-order valence-corrected chi connectivity index (χ3v) is 3.95. The number of carboxylic acid groups (broad SMARTS) is 1. The van der Waals surface area contributed by atoms with E-state index in [1.165, 1.54) is 16.9 Å². The Balaban J connectivity index is 1.79. The van der Waals surface area contributed by atoms with Gasteiger partial charge >= 0.3 is 5.97 Å². The maximum absolute atomic E-state index is 12.6. The summed E-state index contributed by atoms with van der Waals surface area (Å²) in [5.41, 5.74) is 1.59. The zero-order chi connectivity index (χ0) is 21.0. The van der Waals surface area contributed by atoms with Gasteiger partial charge in [0, 0.05) is 12.3 Å². The molecule has 1 aromatic carbocycles. The predicted molar refractivity (Wildman–Crippen MR) is 104 cm³/mol. The summed E-state index contributed by atoms with van der Waals surface area (Å²) >= 11 is 0. The lowest BCUT2D eigenvalue weighted by Gasteiger charge is -2.11. The molecule has 2 heterocycles. The van der Waals surface area contributed by atoms with Crippen molar-refractivity contribution in [1.29, 1.82) is 0 Å². The largest absolute Gasteiger partial charge is 0.491 e. The van der Waals surface area contributed by atoms with E-state index in [1.807, 2.05) is 45.0 Å². The van der Waals surface area contributed by atoms with Gasteiger partial charge in [-0.2, -0.15) is 5.10 Å². The van der Waals surface area contributed by atoms with Crippen LogP contribution in [0.5, 0.6) is 5.75 Å². The average Bonchev–Trinajstić information content (AvgIpc) is 3.28. The van der Waals surface area contributed by atoms with E-state index >= 15 is 0 Å². The fourth-order valence-corrected chi connectivity index (χ4v) is 2.77. The highest BCUT2D eigenvalue weighted by atomic mass is 16.5. The van der Waals surface area contributed by atoms with Gasteiger partial charge in [-0.3, -0.25) is 14.3 Å². The SMILES string of the molecule is CCc1c(C(=O)Nc2ccn(CC(=O)O)n2)nnn1-c1ccc(OC(C)C)cc1. The molecular formula is C19H22N6O4. The molecule has 3 aromatic rings. The van der Waals surface area contributed by atoms with Crippen LogP contribution in [0.25, 0.3) is 5.69 Å². The highest BCUT2D eigenvalue weighted by molar-refractivity contribution is 6.03. The Morgan fingerprint density at radius 3 is 2.55 bits per heavy atom. The molecule has 0 fully saturated rings. The molecule has 29 heavy (non-hydrogen) atoms. The summed E-state index contributed by atoms with van der Waals surface area (Å²) in [5, 5.41) is 23.6. The molecular weight excluding hydrogens is 376 g/mol. The predicted octanol–water partition coefficient (Wildman–Crippen LogP) is 2.15. The van der Waals surface area contributed by atoms with Crippen LogP contribution in [0.4, 0.5) is 5.82 Å². The molecule has 1 amide bonds. The maximum atomic E-state index is 12.6. The molecule has 2 aromatic heterocycles. The smallest absolute Gasteiger partial charge is 0.325 e. The molecule has 0 spiro atoms. The monoisotopic (exact) mass is 398 g/mol. The van der Waals surface area contributed by atoms with Gasteiger partial charge in [0.1, 0.15) is 12.3 Å². The van der Waals surface area contributed by atoms with Crippen LogP contribution >= 0.6 is 0 Å². The number of nitrogens with one attached hydrogen (secondary N) is 1. The van der Waals surface area contributed by atoms with Crippen molar-refractivity contribution < 1.29 is 19.4 Å². The molecule has 3 rings (SSSR count). The Kier molecular flexibility index (Phi) is 5.91. The molecule has 0 radical (unpaired) electrons. The standard InChI is InChI=1S/C19H22N6O4/c1-4-15-18(19(28)20-16-9-10-24(22-16)11-17(26)27)21-23-25(15)13-5-7-14(8-6-13)29-12(2)3/h5-10,12H,4,11H2,1-3H3,(H,26,27)(H,20,22,28). The van der Waals surface area contributed by atoms with Crippen LogP contribution in [-0.2, 0) is 17.8 Å². The second-order valence-electron chi connectivity index (χ2n) is 6.56.